The van der Waals surface area contributed by atoms with Crippen LogP contribution in [0.25, 0.3) is 0 Å². The van der Waals surface area contributed by atoms with Gasteiger partial charge in [0, 0.05) is 23.1 Å². The van der Waals surface area contributed by atoms with Gasteiger partial charge in [-0.2, -0.15) is 5.26 Å². The van der Waals surface area contributed by atoms with Crippen molar-refractivity contribution in [2.75, 3.05) is 10.6 Å². The molecule has 6 heteroatoms. The quantitative estimate of drug-likeness (QED) is 0.723. The first-order valence-corrected chi connectivity index (χ1v) is 8.62. The molecule has 1 heterocycles. The average molecular weight is 370 g/mol. The van der Waals surface area contributed by atoms with Crippen molar-refractivity contribution in [2.45, 2.75) is 13.8 Å². The van der Waals surface area contributed by atoms with Gasteiger partial charge >= 0.3 is 0 Å². The van der Waals surface area contributed by atoms with Crippen LogP contribution in [0.15, 0.2) is 60.8 Å². The smallest absolute Gasteiger partial charge is 0.274 e. The van der Waals surface area contributed by atoms with Crippen molar-refractivity contribution in [3.8, 4) is 6.07 Å². The summed E-state index contributed by atoms with van der Waals surface area (Å²) in [7, 11) is 0. The lowest BCUT2D eigenvalue weighted by Gasteiger charge is -2.10. The highest BCUT2D eigenvalue weighted by atomic mass is 16.2. The highest BCUT2D eigenvalue weighted by Crippen LogP contribution is 2.18. The minimum absolute atomic E-state index is 0.107. The van der Waals surface area contributed by atoms with E-state index < -0.39 is 5.91 Å². The first-order chi connectivity index (χ1) is 13.5. The highest BCUT2D eigenvalue weighted by Gasteiger charge is 2.13. The number of carbonyl (C=O) groups excluding carboxylic acids is 2. The molecule has 6 nitrogen and oxygen atoms in total. The number of nitrogens with zero attached hydrogens (tertiary/aromatic N) is 2. The van der Waals surface area contributed by atoms with Crippen LogP contribution in [0.4, 0.5) is 11.4 Å². The van der Waals surface area contributed by atoms with E-state index >= 15 is 0 Å². The molecule has 0 unspecified atom stereocenters. The zero-order valence-corrected chi connectivity index (χ0v) is 15.5. The fourth-order valence-electron chi connectivity index (χ4n) is 2.62. The Morgan fingerprint density at radius 2 is 1.79 bits per heavy atom. The summed E-state index contributed by atoms with van der Waals surface area (Å²) in [6.45, 7) is 3.86. The number of nitriles is 1. The monoisotopic (exact) mass is 370 g/mol. The van der Waals surface area contributed by atoms with Gasteiger partial charge in [0.2, 0.25) is 0 Å². The zero-order valence-electron chi connectivity index (χ0n) is 15.5. The lowest BCUT2D eigenvalue weighted by molar-refractivity contribution is 0.102. The van der Waals surface area contributed by atoms with Gasteiger partial charge in [-0.3, -0.25) is 14.6 Å². The van der Waals surface area contributed by atoms with Crippen molar-refractivity contribution in [1.29, 1.82) is 5.26 Å². The molecule has 3 rings (SSSR count). The minimum atomic E-state index is -0.462. The van der Waals surface area contributed by atoms with Gasteiger partial charge in [-0.1, -0.05) is 18.2 Å². The second-order valence-corrected chi connectivity index (χ2v) is 6.35. The Hall–Kier alpha value is -3.98. The molecular weight excluding hydrogens is 352 g/mol. The van der Waals surface area contributed by atoms with Crippen LogP contribution in [-0.4, -0.2) is 16.8 Å². The van der Waals surface area contributed by atoms with E-state index in [1.165, 1.54) is 12.3 Å². The number of carbonyl (C=O) groups is 2. The maximum absolute atomic E-state index is 12.6. The highest BCUT2D eigenvalue weighted by molar-refractivity contribution is 6.08. The molecule has 2 N–H and O–H groups in total. The molecule has 28 heavy (non-hydrogen) atoms. The predicted octanol–water partition coefficient (Wildman–Crippen LogP) is 4.07. The van der Waals surface area contributed by atoms with Gasteiger partial charge in [-0.05, 0) is 61.4 Å². The van der Waals surface area contributed by atoms with Gasteiger partial charge in [-0.25, -0.2) is 0 Å². The van der Waals surface area contributed by atoms with Crippen LogP contribution in [0.5, 0.6) is 0 Å². The minimum Gasteiger partial charge on any atom is -0.322 e. The molecule has 0 spiro atoms. The lowest BCUT2D eigenvalue weighted by Crippen LogP contribution is -2.17. The van der Waals surface area contributed by atoms with Crippen LogP contribution in [-0.2, 0) is 0 Å². The number of nitrogens with one attached hydrogen (secondary N) is 2. The fraction of sp³-hybridized carbons (Fsp3) is 0.0909. The first kappa shape index (κ1) is 18.8. The van der Waals surface area contributed by atoms with Crippen molar-refractivity contribution in [2.24, 2.45) is 0 Å². The SMILES string of the molecule is Cc1ccc(C)c(NC(=O)c2ccnc(C(=O)Nc3cccc(C#N)c3)c2)c1. The van der Waals surface area contributed by atoms with Crippen LogP contribution in [0.1, 0.15) is 37.5 Å². The predicted molar refractivity (Wildman–Crippen MR) is 107 cm³/mol. The molecule has 1 aromatic heterocycles. The van der Waals surface area contributed by atoms with Crippen molar-refractivity contribution in [3.05, 3.63) is 88.7 Å². The number of aromatic nitrogens is 1. The standard InChI is InChI=1S/C22H18N4O2/c1-14-6-7-15(2)19(10-14)26-21(27)17-8-9-24-20(12-17)22(28)25-18-5-3-4-16(11-18)13-23/h3-12H,1-2H3,(H,25,28)(H,26,27). The summed E-state index contributed by atoms with van der Waals surface area (Å²) in [6, 6.07) is 17.4. The van der Waals surface area contributed by atoms with Gasteiger partial charge < -0.3 is 10.6 Å². The molecule has 3 aromatic rings. The Bertz CT molecular complexity index is 1100. The lowest BCUT2D eigenvalue weighted by atomic mass is 10.1. The molecule has 0 aliphatic heterocycles. The second-order valence-electron chi connectivity index (χ2n) is 6.35. The number of rotatable bonds is 4. The number of hydrogen-bond acceptors (Lipinski definition) is 4. The largest absolute Gasteiger partial charge is 0.322 e. The molecule has 0 radical (unpaired) electrons. The van der Waals surface area contributed by atoms with Crippen LogP contribution in [0, 0.1) is 25.2 Å². The number of amides is 2. The summed E-state index contributed by atoms with van der Waals surface area (Å²) in [5.74, 6) is -0.784. The van der Waals surface area contributed by atoms with Gasteiger partial charge in [0.25, 0.3) is 11.8 Å². The van der Waals surface area contributed by atoms with E-state index in [0.29, 0.717) is 16.8 Å². The summed E-state index contributed by atoms with van der Waals surface area (Å²) in [6.07, 6.45) is 1.42. The third-order valence-electron chi connectivity index (χ3n) is 4.15. The Labute approximate surface area is 162 Å². The topological polar surface area (TPSA) is 94.9 Å². The molecule has 0 aliphatic rings. The van der Waals surface area contributed by atoms with Crippen molar-refractivity contribution >= 4 is 23.2 Å². The summed E-state index contributed by atoms with van der Waals surface area (Å²) in [4.78, 5) is 29.1. The van der Waals surface area contributed by atoms with Gasteiger partial charge in [0.05, 0.1) is 11.6 Å². The van der Waals surface area contributed by atoms with Gasteiger partial charge in [0.15, 0.2) is 0 Å². The third kappa shape index (κ3) is 4.40. The molecule has 0 saturated carbocycles. The molecule has 0 atom stereocenters. The molecule has 0 aliphatic carbocycles. The normalized spacial score (nSPS) is 10.0. The Morgan fingerprint density at radius 1 is 0.964 bits per heavy atom. The van der Waals surface area contributed by atoms with Crippen molar-refractivity contribution < 1.29 is 9.59 Å². The van der Waals surface area contributed by atoms with Crippen LogP contribution in [0.2, 0.25) is 0 Å². The molecule has 2 aromatic carbocycles. The summed E-state index contributed by atoms with van der Waals surface area (Å²) < 4.78 is 0. The summed E-state index contributed by atoms with van der Waals surface area (Å²) in [5, 5.41) is 14.5. The molecular formula is C22H18N4O2. The van der Waals surface area contributed by atoms with Gasteiger partial charge in [0.1, 0.15) is 5.69 Å². The van der Waals surface area contributed by atoms with Crippen LogP contribution >= 0.6 is 0 Å². The maximum Gasteiger partial charge on any atom is 0.274 e. The molecule has 138 valence electrons. The number of hydrogen-bond donors (Lipinski definition) is 2. The second kappa shape index (κ2) is 8.14. The summed E-state index contributed by atoms with van der Waals surface area (Å²) in [5.41, 5.74) is 4.06. The number of aryl methyl sites for hydroxylation is 2. The molecule has 0 fully saturated rings. The average Bonchev–Trinajstić information content (AvgIpc) is 2.71. The Balaban J connectivity index is 1.77. The van der Waals surface area contributed by atoms with Gasteiger partial charge in [-0.15, -0.1) is 0 Å². The first-order valence-electron chi connectivity index (χ1n) is 8.62. The number of pyridine rings is 1. The van der Waals surface area contributed by atoms with Crippen molar-refractivity contribution in [3.63, 3.8) is 0 Å². The van der Waals surface area contributed by atoms with Crippen LogP contribution < -0.4 is 10.6 Å². The fourth-order valence-corrected chi connectivity index (χ4v) is 2.62. The maximum atomic E-state index is 12.6. The van der Waals surface area contributed by atoms with Crippen molar-refractivity contribution in [1.82, 2.24) is 4.98 Å². The van der Waals surface area contributed by atoms with E-state index in [1.54, 1.807) is 30.3 Å². The van der Waals surface area contributed by atoms with E-state index in [9.17, 15) is 9.59 Å². The van der Waals surface area contributed by atoms with E-state index in [1.807, 2.05) is 38.1 Å². The third-order valence-corrected chi connectivity index (χ3v) is 4.15. The molecule has 2 amide bonds. The van der Waals surface area contributed by atoms with E-state index in [-0.39, 0.29) is 11.6 Å². The zero-order chi connectivity index (χ0) is 20.1. The Morgan fingerprint density at radius 3 is 2.57 bits per heavy atom. The Kier molecular flexibility index (Phi) is 5.47. The van der Waals surface area contributed by atoms with E-state index in [2.05, 4.69) is 15.6 Å². The van der Waals surface area contributed by atoms with E-state index in [0.717, 1.165) is 16.8 Å². The molecule has 0 saturated heterocycles. The molecule has 0 bridgehead atoms. The number of benzene rings is 2. The summed E-state index contributed by atoms with van der Waals surface area (Å²) >= 11 is 0. The van der Waals surface area contributed by atoms with E-state index in [4.69, 9.17) is 5.26 Å². The number of anilines is 2. The van der Waals surface area contributed by atoms with Crippen LogP contribution in [0.3, 0.4) is 0 Å².